The summed E-state index contributed by atoms with van der Waals surface area (Å²) in [6.07, 6.45) is 5.64. The molecule has 4 atom stereocenters. The number of esters is 1. The van der Waals surface area contributed by atoms with Crippen LogP contribution < -0.4 is 4.74 Å². The molecule has 146 valence electrons. The van der Waals surface area contributed by atoms with Crippen LogP contribution in [0, 0.1) is 0 Å². The van der Waals surface area contributed by atoms with Crippen LogP contribution in [0.25, 0.3) is 0 Å². The van der Waals surface area contributed by atoms with Gasteiger partial charge in [-0.1, -0.05) is 18.2 Å². The van der Waals surface area contributed by atoms with Crippen LogP contribution in [0.5, 0.6) is 5.75 Å². The highest BCUT2D eigenvalue weighted by Crippen LogP contribution is 2.29. The maximum Gasteiger partial charge on any atom is 0.331 e. The standard InChI is InChI=1S/C21H26O6/c1-14-17(27-21(2,3)26-14)9-10-19-18(11-12-20(22)25-19)24-13-15-5-7-16(23-4)8-6-15/h5-12,14,17-19H,13H2,1-4H3/b10-9+/t14-,17-,18+,19+/m0/s1. The molecule has 2 heterocycles. The van der Waals surface area contributed by atoms with E-state index >= 15 is 0 Å². The molecular formula is C21H26O6. The van der Waals surface area contributed by atoms with Crippen LogP contribution in [0.3, 0.4) is 0 Å². The van der Waals surface area contributed by atoms with Crippen molar-refractivity contribution in [1.82, 2.24) is 0 Å². The largest absolute Gasteiger partial charge is 0.497 e. The highest BCUT2D eigenvalue weighted by molar-refractivity contribution is 5.83. The van der Waals surface area contributed by atoms with E-state index in [4.69, 9.17) is 23.7 Å². The molecule has 0 saturated carbocycles. The van der Waals surface area contributed by atoms with E-state index in [-0.39, 0.29) is 24.3 Å². The lowest BCUT2D eigenvalue weighted by Gasteiger charge is -2.25. The topological polar surface area (TPSA) is 63.2 Å². The Morgan fingerprint density at radius 2 is 1.81 bits per heavy atom. The van der Waals surface area contributed by atoms with Gasteiger partial charge < -0.3 is 23.7 Å². The predicted octanol–water partition coefficient (Wildman–Crippen LogP) is 3.16. The number of ether oxygens (including phenoxy) is 5. The second kappa shape index (κ2) is 8.25. The molecule has 1 aromatic carbocycles. The average molecular weight is 374 g/mol. The summed E-state index contributed by atoms with van der Waals surface area (Å²) in [5.41, 5.74) is 1.01. The SMILES string of the molecule is COc1ccc(CO[C@@H]2C=CC(=O)O[C@@H]2/C=C/[C@@H]2OC(C)(C)O[C@H]2C)cc1. The minimum absolute atomic E-state index is 0.0789. The molecule has 27 heavy (non-hydrogen) atoms. The van der Waals surface area contributed by atoms with Gasteiger partial charge in [0.05, 0.1) is 19.8 Å². The summed E-state index contributed by atoms with van der Waals surface area (Å²) in [7, 11) is 1.63. The number of hydrogen-bond donors (Lipinski definition) is 0. The fraction of sp³-hybridized carbons (Fsp3) is 0.476. The van der Waals surface area contributed by atoms with Gasteiger partial charge in [-0.05, 0) is 50.6 Å². The summed E-state index contributed by atoms with van der Waals surface area (Å²) >= 11 is 0. The average Bonchev–Trinajstić information content (AvgIpc) is 2.91. The Morgan fingerprint density at radius 3 is 2.44 bits per heavy atom. The molecule has 2 aliphatic heterocycles. The van der Waals surface area contributed by atoms with E-state index < -0.39 is 11.9 Å². The number of rotatable bonds is 6. The summed E-state index contributed by atoms with van der Waals surface area (Å²) in [6, 6.07) is 7.65. The first-order valence-corrected chi connectivity index (χ1v) is 9.03. The van der Waals surface area contributed by atoms with E-state index in [9.17, 15) is 4.79 Å². The van der Waals surface area contributed by atoms with Crippen molar-refractivity contribution < 1.29 is 28.5 Å². The van der Waals surface area contributed by atoms with E-state index in [1.165, 1.54) is 6.08 Å². The summed E-state index contributed by atoms with van der Waals surface area (Å²) in [5.74, 6) is -0.213. The Balaban J connectivity index is 1.62. The minimum atomic E-state index is -0.623. The number of cyclic esters (lactones) is 1. The van der Waals surface area contributed by atoms with Crippen molar-refractivity contribution >= 4 is 5.97 Å². The molecular weight excluding hydrogens is 348 g/mol. The molecule has 0 radical (unpaired) electrons. The van der Waals surface area contributed by atoms with Crippen LogP contribution in [0.1, 0.15) is 26.3 Å². The second-order valence-corrected chi connectivity index (χ2v) is 7.07. The van der Waals surface area contributed by atoms with E-state index in [0.29, 0.717) is 6.61 Å². The monoisotopic (exact) mass is 374 g/mol. The first-order valence-electron chi connectivity index (χ1n) is 9.03. The van der Waals surface area contributed by atoms with Crippen LogP contribution in [0.2, 0.25) is 0 Å². The third-order valence-corrected chi connectivity index (χ3v) is 4.44. The van der Waals surface area contributed by atoms with E-state index in [1.807, 2.05) is 57.2 Å². The first kappa shape index (κ1) is 19.6. The first-order chi connectivity index (χ1) is 12.9. The van der Waals surface area contributed by atoms with Gasteiger partial charge in [0.15, 0.2) is 11.9 Å². The van der Waals surface area contributed by atoms with Crippen LogP contribution in [-0.4, -0.2) is 43.3 Å². The predicted molar refractivity (Wildman–Crippen MR) is 99.2 cm³/mol. The van der Waals surface area contributed by atoms with Crippen molar-refractivity contribution in [3.63, 3.8) is 0 Å². The lowest BCUT2D eigenvalue weighted by Crippen LogP contribution is -2.34. The van der Waals surface area contributed by atoms with Gasteiger partial charge in [0.2, 0.25) is 0 Å². The third-order valence-electron chi connectivity index (χ3n) is 4.44. The molecule has 2 aliphatic rings. The maximum absolute atomic E-state index is 11.7. The van der Waals surface area contributed by atoms with Crippen LogP contribution in [0.4, 0.5) is 0 Å². The molecule has 1 fully saturated rings. The number of methoxy groups -OCH3 is 1. The molecule has 1 saturated heterocycles. The molecule has 0 spiro atoms. The molecule has 0 unspecified atom stereocenters. The van der Waals surface area contributed by atoms with Crippen molar-refractivity contribution in [3.05, 3.63) is 54.1 Å². The van der Waals surface area contributed by atoms with Crippen molar-refractivity contribution in [2.75, 3.05) is 7.11 Å². The highest BCUT2D eigenvalue weighted by atomic mass is 16.7. The summed E-state index contributed by atoms with van der Waals surface area (Å²) in [5, 5.41) is 0. The molecule has 0 aromatic heterocycles. The quantitative estimate of drug-likeness (QED) is 0.563. The zero-order valence-corrected chi connectivity index (χ0v) is 16.1. The highest BCUT2D eigenvalue weighted by Gasteiger charge is 2.37. The van der Waals surface area contributed by atoms with Crippen LogP contribution in [-0.2, 0) is 30.3 Å². The smallest absolute Gasteiger partial charge is 0.331 e. The van der Waals surface area contributed by atoms with Crippen LogP contribution in [0.15, 0.2) is 48.6 Å². The number of carbonyl (C=O) groups excluding carboxylic acids is 1. The van der Waals surface area contributed by atoms with Gasteiger partial charge in [-0.3, -0.25) is 0 Å². The number of benzene rings is 1. The molecule has 1 aromatic rings. The molecule has 6 nitrogen and oxygen atoms in total. The second-order valence-electron chi connectivity index (χ2n) is 7.07. The van der Waals surface area contributed by atoms with Crippen molar-refractivity contribution in [2.24, 2.45) is 0 Å². The zero-order chi connectivity index (χ0) is 19.4. The normalized spacial score (nSPS) is 29.9. The Labute approximate surface area is 159 Å². The van der Waals surface area contributed by atoms with Gasteiger partial charge >= 0.3 is 5.97 Å². The molecule has 0 amide bonds. The fourth-order valence-electron chi connectivity index (χ4n) is 3.12. The Bertz CT molecular complexity index is 706. The van der Waals surface area contributed by atoms with E-state index in [2.05, 4.69) is 0 Å². The lowest BCUT2D eigenvalue weighted by atomic mass is 10.1. The minimum Gasteiger partial charge on any atom is -0.497 e. The van der Waals surface area contributed by atoms with Gasteiger partial charge in [0.25, 0.3) is 0 Å². The number of carbonyl (C=O) groups is 1. The summed E-state index contributed by atoms with van der Waals surface area (Å²) in [4.78, 5) is 11.7. The van der Waals surface area contributed by atoms with Crippen molar-refractivity contribution in [1.29, 1.82) is 0 Å². The molecule has 6 heteroatoms. The van der Waals surface area contributed by atoms with Crippen molar-refractivity contribution in [2.45, 2.75) is 57.6 Å². The third kappa shape index (κ3) is 5.19. The molecule has 3 rings (SSSR count). The van der Waals surface area contributed by atoms with Gasteiger partial charge in [0, 0.05) is 6.08 Å². The Morgan fingerprint density at radius 1 is 1.11 bits per heavy atom. The van der Waals surface area contributed by atoms with E-state index in [1.54, 1.807) is 13.2 Å². The Hall–Kier alpha value is -2.15. The van der Waals surface area contributed by atoms with Gasteiger partial charge in [-0.25, -0.2) is 4.79 Å². The Kier molecular flexibility index (Phi) is 5.99. The summed E-state index contributed by atoms with van der Waals surface area (Å²) < 4.78 is 28.1. The van der Waals surface area contributed by atoms with Crippen LogP contribution >= 0.6 is 0 Å². The van der Waals surface area contributed by atoms with Gasteiger partial charge in [-0.2, -0.15) is 0 Å². The lowest BCUT2D eigenvalue weighted by molar-refractivity contribution is -0.149. The van der Waals surface area contributed by atoms with Gasteiger partial charge in [-0.15, -0.1) is 0 Å². The molecule has 0 N–H and O–H groups in total. The molecule has 0 bridgehead atoms. The van der Waals surface area contributed by atoms with E-state index in [0.717, 1.165) is 11.3 Å². The van der Waals surface area contributed by atoms with Crippen molar-refractivity contribution in [3.8, 4) is 5.75 Å². The zero-order valence-electron chi connectivity index (χ0n) is 16.1. The molecule has 0 aliphatic carbocycles. The number of hydrogen-bond acceptors (Lipinski definition) is 6. The van der Waals surface area contributed by atoms with Gasteiger partial charge in [0.1, 0.15) is 18.0 Å². The fourth-order valence-corrected chi connectivity index (χ4v) is 3.12. The maximum atomic E-state index is 11.7. The summed E-state index contributed by atoms with van der Waals surface area (Å²) in [6.45, 7) is 6.10.